The minimum absolute atomic E-state index is 0.181. The number of halogens is 3. The summed E-state index contributed by atoms with van der Waals surface area (Å²) in [4.78, 5) is 0. The summed E-state index contributed by atoms with van der Waals surface area (Å²) in [5, 5.41) is 14.3. The Morgan fingerprint density at radius 1 is 1.09 bits per heavy atom. The molecule has 0 spiro atoms. The molecule has 0 atom stereocenters. The molecule has 3 aromatic rings. The first kappa shape index (κ1) is 14.7. The molecule has 0 radical (unpaired) electrons. The smallest absolute Gasteiger partial charge is 0.204 e. The summed E-state index contributed by atoms with van der Waals surface area (Å²) >= 11 is 12.1. The Bertz CT molecular complexity index is 796. The van der Waals surface area contributed by atoms with Crippen LogP contribution >= 0.6 is 23.2 Å². The molecule has 1 N–H and O–H groups in total. The summed E-state index contributed by atoms with van der Waals surface area (Å²) in [5.74, 6) is 0.528. The van der Waals surface area contributed by atoms with E-state index >= 15 is 0 Å². The maximum Gasteiger partial charge on any atom is 0.204 e. The number of tetrazole rings is 1. The average Bonchev–Trinajstić information content (AvgIpc) is 3.02. The number of nitrogens with zero attached hydrogens (tertiary/aromatic N) is 3. The fourth-order valence-electron chi connectivity index (χ4n) is 1.84. The number of hydrogen-bond acceptors (Lipinski definition) is 4. The summed E-state index contributed by atoms with van der Waals surface area (Å²) < 4.78 is 18.6. The summed E-state index contributed by atoms with van der Waals surface area (Å²) in [5.41, 5.74) is 1.38. The molecular formula is C14H9Cl2FN4O. The summed E-state index contributed by atoms with van der Waals surface area (Å²) in [6.45, 7) is 0.181. The van der Waals surface area contributed by atoms with E-state index in [1.54, 1.807) is 24.3 Å². The van der Waals surface area contributed by atoms with Crippen LogP contribution < -0.4 is 4.74 Å². The van der Waals surface area contributed by atoms with E-state index in [-0.39, 0.29) is 6.61 Å². The van der Waals surface area contributed by atoms with Crippen molar-refractivity contribution < 1.29 is 9.13 Å². The molecule has 3 rings (SSSR count). The van der Waals surface area contributed by atoms with Gasteiger partial charge in [-0.3, -0.25) is 0 Å². The van der Waals surface area contributed by atoms with E-state index in [0.717, 1.165) is 0 Å². The minimum Gasteiger partial charge on any atom is -0.487 e. The third kappa shape index (κ3) is 3.18. The summed E-state index contributed by atoms with van der Waals surface area (Å²) in [6.07, 6.45) is 0. The highest BCUT2D eigenvalue weighted by Gasteiger charge is 2.09. The Balaban J connectivity index is 1.75. The lowest BCUT2D eigenvalue weighted by atomic mass is 10.2. The van der Waals surface area contributed by atoms with Gasteiger partial charge in [0.15, 0.2) is 0 Å². The highest BCUT2D eigenvalue weighted by Crippen LogP contribution is 2.30. The van der Waals surface area contributed by atoms with E-state index in [2.05, 4.69) is 20.6 Å². The van der Waals surface area contributed by atoms with Crippen molar-refractivity contribution >= 4 is 23.2 Å². The molecule has 0 fully saturated rings. The van der Waals surface area contributed by atoms with E-state index in [0.29, 0.717) is 32.7 Å². The first-order valence-electron chi connectivity index (χ1n) is 6.23. The van der Waals surface area contributed by atoms with Gasteiger partial charge in [-0.15, -0.1) is 10.2 Å². The van der Waals surface area contributed by atoms with Crippen molar-refractivity contribution in [1.82, 2.24) is 20.6 Å². The lowest BCUT2D eigenvalue weighted by Gasteiger charge is -2.10. The molecular weight excluding hydrogens is 330 g/mol. The van der Waals surface area contributed by atoms with Crippen LogP contribution in [0.15, 0.2) is 36.4 Å². The monoisotopic (exact) mass is 338 g/mol. The van der Waals surface area contributed by atoms with Gasteiger partial charge in [0.05, 0.1) is 10.0 Å². The third-order valence-corrected chi connectivity index (χ3v) is 3.58. The van der Waals surface area contributed by atoms with Crippen molar-refractivity contribution in [2.45, 2.75) is 6.61 Å². The first-order chi connectivity index (χ1) is 10.6. The van der Waals surface area contributed by atoms with Gasteiger partial charge >= 0.3 is 0 Å². The zero-order valence-corrected chi connectivity index (χ0v) is 12.6. The minimum atomic E-state index is -0.392. The van der Waals surface area contributed by atoms with Crippen LogP contribution in [0.5, 0.6) is 5.75 Å². The van der Waals surface area contributed by atoms with Crippen molar-refractivity contribution in [3.05, 3.63) is 57.8 Å². The third-order valence-electron chi connectivity index (χ3n) is 2.93. The van der Waals surface area contributed by atoms with Gasteiger partial charge < -0.3 is 4.74 Å². The van der Waals surface area contributed by atoms with Gasteiger partial charge in [-0.05, 0) is 35.5 Å². The van der Waals surface area contributed by atoms with Gasteiger partial charge in [0.1, 0.15) is 18.2 Å². The normalized spacial score (nSPS) is 10.7. The van der Waals surface area contributed by atoms with Crippen LogP contribution in [-0.4, -0.2) is 20.6 Å². The largest absolute Gasteiger partial charge is 0.487 e. The van der Waals surface area contributed by atoms with E-state index < -0.39 is 5.82 Å². The van der Waals surface area contributed by atoms with E-state index in [1.807, 2.05) is 0 Å². The maximum absolute atomic E-state index is 13.0. The van der Waals surface area contributed by atoms with Gasteiger partial charge in [0.2, 0.25) is 5.82 Å². The quantitative estimate of drug-likeness (QED) is 0.783. The Morgan fingerprint density at radius 2 is 1.95 bits per heavy atom. The van der Waals surface area contributed by atoms with Crippen molar-refractivity contribution in [3.8, 4) is 17.1 Å². The Morgan fingerprint density at radius 3 is 2.64 bits per heavy atom. The maximum atomic E-state index is 13.0. The van der Waals surface area contributed by atoms with Crippen LogP contribution in [0.1, 0.15) is 5.56 Å². The topological polar surface area (TPSA) is 63.7 Å². The molecule has 0 unspecified atom stereocenters. The Kier molecular flexibility index (Phi) is 4.22. The fourth-order valence-corrected chi connectivity index (χ4v) is 2.29. The van der Waals surface area contributed by atoms with E-state index in [1.165, 1.54) is 12.1 Å². The molecule has 22 heavy (non-hydrogen) atoms. The average molecular weight is 339 g/mol. The lowest BCUT2D eigenvalue weighted by Crippen LogP contribution is -1.97. The Hall–Kier alpha value is -2.18. The van der Waals surface area contributed by atoms with Crippen molar-refractivity contribution in [3.63, 3.8) is 0 Å². The second-order valence-electron chi connectivity index (χ2n) is 4.41. The number of benzene rings is 2. The standard InChI is InChI=1S/C14H9Cl2FN4O/c15-11-6-10(17)3-1-9(11)7-22-13-4-2-8(5-12(13)16)14-18-20-21-19-14/h1-6H,7H2,(H,18,19,20,21). The molecule has 1 heterocycles. The summed E-state index contributed by atoms with van der Waals surface area (Å²) in [7, 11) is 0. The second kappa shape index (κ2) is 6.29. The zero-order chi connectivity index (χ0) is 15.5. The highest BCUT2D eigenvalue weighted by atomic mass is 35.5. The molecule has 0 bridgehead atoms. The number of aromatic nitrogens is 4. The predicted octanol–water partition coefficient (Wildman–Crippen LogP) is 3.89. The molecule has 0 saturated heterocycles. The van der Waals surface area contributed by atoms with Crippen LogP contribution in [0, 0.1) is 5.82 Å². The van der Waals surface area contributed by atoms with Gasteiger partial charge in [-0.2, -0.15) is 5.21 Å². The number of aromatic amines is 1. The number of H-pyrrole nitrogens is 1. The van der Waals surface area contributed by atoms with Crippen LogP contribution in [0.3, 0.4) is 0 Å². The SMILES string of the molecule is Fc1ccc(COc2ccc(-c3nn[nH]n3)cc2Cl)c(Cl)c1. The van der Waals surface area contributed by atoms with Crippen molar-refractivity contribution in [1.29, 1.82) is 0 Å². The van der Waals surface area contributed by atoms with Crippen molar-refractivity contribution in [2.24, 2.45) is 0 Å². The molecule has 0 aliphatic heterocycles. The molecule has 8 heteroatoms. The van der Waals surface area contributed by atoms with Gasteiger partial charge in [-0.1, -0.05) is 29.3 Å². The van der Waals surface area contributed by atoms with Crippen molar-refractivity contribution in [2.75, 3.05) is 0 Å². The van der Waals surface area contributed by atoms with Crippen LogP contribution in [-0.2, 0) is 6.61 Å². The molecule has 2 aromatic carbocycles. The lowest BCUT2D eigenvalue weighted by molar-refractivity contribution is 0.306. The van der Waals surface area contributed by atoms with Gasteiger partial charge in [-0.25, -0.2) is 4.39 Å². The molecule has 0 aliphatic rings. The molecule has 0 aliphatic carbocycles. The molecule has 5 nitrogen and oxygen atoms in total. The van der Waals surface area contributed by atoms with Crippen LogP contribution in [0.4, 0.5) is 4.39 Å². The highest BCUT2D eigenvalue weighted by molar-refractivity contribution is 6.32. The van der Waals surface area contributed by atoms with E-state index in [9.17, 15) is 4.39 Å². The molecule has 1 aromatic heterocycles. The summed E-state index contributed by atoms with van der Waals surface area (Å²) in [6, 6.07) is 9.27. The zero-order valence-electron chi connectivity index (χ0n) is 11.1. The molecule has 112 valence electrons. The van der Waals surface area contributed by atoms with Crippen LogP contribution in [0.2, 0.25) is 10.0 Å². The first-order valence-corrected chi connectivity index (χ1v) is 6.99. The molecule has 0 saturated carbocycles. The number of ether oxygens (including phenoxy) is 1. The number of nitrogens with one attached hydrogen (secondary N) is 1. The number of hydrogen-bond donors (Lipinski definition) is 1. The van der Waals surface area contributed by atoms with E-state index in [4.69, 9.17) is 27.9 Å². The molecule has 0 amide bonds. The van der Waals surface area contributed by atoms with Crippen LogP contribution in [0.25, 0.3) is 11.4 Å². The fraction of sp³-hybridized carbons (Fsp3) is 0.0714. The van der Waals surface area contributed by atoms with Gasteiger partial charge in [0.25, 0.3) is 0 Å². The number of rotatable bonds is 4. The Labute approximate surface area is 135 Å². The van der Waals surface area contributed by atoms with Gasteiger partial charge in [0, 0.05) is 11.1 Å². The second-order valence-corrected chi connectivity index (χ2v) is 5.22. The predicted molar refractivity (Wildman–Crippen MR) is 80.4 cm³/mol.